The summed E-state index contributed by atoms with van der Waals surface area (Å²) in [5, 5.41) is 26.8. The molecule has 0 saturated heterocycles. The van der Waals surface area contributed by atoms with E-state index in [1.54, 1.807) is 12.1 Å². The molecule has 3 N–H and O–H groups in total. The molecular weight excluding hydrogens is 184 g/mol. The minimum atomic E-state index is -0.0752. The first-order valence-electron chi connectivity index (χ1n) is 4.45. The molecule has 0 fully saturated rings. The van der Waals surface area contributed by atoms with Crippen molar-refractivity contribution in [1.82, 2.24) is 0 Å². The van der Waals surface area contributed by atoms with Crippen LogP contribution in [-0.2, 0) is 6.42 Å². The summed E-state index contributed by atoms with van der Waals surface area (Å²) >= 11 is 0. The van der Waals surface area contributed by atoms with E-state index in [0.29, 0.717) is 17.7 Å². The van der Waals surface area contributed by atoms with Gasteiger partial charge in [0.25, 0.3) is 0 Å². The van der Waals surface area contributed by atoms with E-state index in [1.807, 2.05) is 0 Å². The third-order valence-corrected chi connectivity index (χ3v) is 1.82. The molecule has 0 spiro atoms. The van der Waals surface area contributed by atoms with E-state index < -0.39 is 0 Å². The molecule has 0 heterocycles. The highest BCUT2D eigenvalue weighted by Crippen LogP contribution is 2.27. The zero-order chi connectivity index (χ0) is 10.4. The fraction of sp³-hybridized carbons (Fsp3) is 0.400. The Kier molecular flexibility index (Phi) is 4.22. The second-order valence-electron chi connectivity index (χ2n) is 2.80. The quantitative estimate of drug-likeness (QED) is 0.636. The van der Waals surface area contributed by atoms with Crippen LogP contribution >= 0.6 is 0 Å². The Balaban J connectivity index is 2.83. The predicted octanol–water partition coefficient (Wildman–Crippen LogP) is 0.298. The lowest BCUT2D eigenvalue weighted by Gasteiger charge is -2.10. The molecule has 1 aromatic carbocycles. The summed E-state index contributed by atoms with van der Waals surface area (Å²) in [4.78, 5) is 0. The van der Waals surface area contributed by atoms with Crippen molar-refractivity contribution in [2.75, 3.05) is 19.8 Å². The molecule has 0 unspecified atom stereocenters. The summed E-state index contributed by atoms with van der Waals surface area (Å²) in [5.41, 5.74) is 0.573. The van der Waals surface area contributed by atoms with E-state index in [-0.39, 0.29) is 25.6 Å². The molecule has 0 atom stereocenters. The molecule has 0 aliphatic rings. The minimum absolute atomic E-state index is 0.0486. The summed E-state index contributed by atoms with van der Waals surface area (Å²) in [7, 11) is 0. The van der Waals surface area contributed by atoms with Crippen molar-refractivity contribution >= 4 is 0 Å². The largest absolute Gasteiger partial charge is 0.508 e. The van der Waals surface area contributed by atoms with Gasteiger partial charge >= 0.3 is 0 Å². The number of hydrogen-bond donors (Lipinski definition) is 3. The second-order valence-corrected chi connectivity index (χ2v) is 2.80. The molecule has 1 rings (SSSR count). The lowest BCUT2D eigenvalue weighted by atomic mass is 10.1. The second kappa shape index (κ2) is 5.47. The first kappa shape index (κ1) is 10.8. The van der Waals surface area contributed by atoms with E-state index in [9.17, 15) is 5.11 Å². The third-order valence-electron chi connectivity index (χ3n) is 1.82. The van der Waals surface area contributed by atoms with Crippen LogP contribution < -0.4 is 4.74 Å². The molecule has 14 heavy (non-hydrogen) atoms. The fourth-order valence-corrected chi connectivity index (χ4v) is 1.21. The van der Waals surface area contributed by atoms with Crippen molar-refractivity contribution in [3.63, 3.8) is 0 Å². The zero-order valence-corrected chi connectivity index (χ0v) is 7.81. The number of benzene rings is 1. The summed E-state index contributed by atoms with van der Waals surface area (Å²) in [6.45, 7) is 0.0587. The molecule has 0 radical (unpaired) electrons. The van der Waals surface area contributed by atoms with Gasteiger partial charge in [0.05, 0.1) is 6.61 Å². The predicted molar refractivity (Wildman–Crippen MR) is 51.5 cm³/mol. The first-order valence-corrected chi connectivity index (χ1v) is 4.45. The Hall–Kier alpha value is -1.26. The number of rotatable bonds is 5. The van der Waals surface area contributed by atoms with Crippen molar-refractivity contribution in [2.45, 2.75) is 6.42 Å². The van der Waals surface area contributed by atoms with Crippen LogP contribution in [0, 0.1) is 0 Å². The van der Waals surface area contributed by atoms with Gasteiger partial charge in [0.15, 0.2) is 0 Å². The fourth-order valence-electron chi connectivity index (χ4n) is 1.21. The molecule has 0 bridgehead atoms. The number of aliphatic hydroxyl groups is 2. The molecule has 0 saturated carbocycles. The highest BCUT2D eigenvalue weighted by atomic mass is 16.5. The third kappa shape index (κ3) is 2.61. The maximum atomic E-state index is 9.47. The number of ether oxygens (including phenoxy) is 1. The average Bonchev–Trinajstić information content (AvgIpc) is 2.19. The van der Waals surface area contributed by atoms with Gasteiger partial charge in [-0.2, -0.15) is 0 Å². The normalized spacial score (nSPS) is 10.1. The van der Waals surface area contributed by atoms with Crippen LogP contribution in [0.3, 0.4) is 0 Å². The van der Waals surface area contributed by atoms with E-state index >= 15 is 0 Å². The average molecular weight is 198 g/mol. The number of phenolic OH excluding ortho intramolecular Hbond substituents is 1. The minimum Gasteiger partial charge on any atom is -0.508 e. The van der Waals surface area contributed by atoms with Gasteiger partial charge in [0.2, 0.25) is 0 Å². The van der Waals surface area contributed by atoms with Crippen molar-refractivity contribution in [1.29, 1.82) is 0 Å². The SMILES string of the molecule is OCCOc1cccc(O)c1CCO. The Morgan fingerprint density at radius 1 is 1.14 bits per heavy atom. The number of phenols is 1. The molecule has 0 aromatic heterocycles. The Labute approximate surface area is 82.4 Å². The molecule has 0 aliphatic carbocycles. The van der Waals surface area contributed by atoms with Crippen LogP contribution in [-0.4, -0.2) is 35.1 Å². The van der Waals surface area contributed by atoms with Crippen molar-refractivity contribution in [3.8, 4) is 11.5 Å². The zero-order valence-electron chi connectivity index (χ0n) is 7.81. The summed E-state index contributed by atoms with van der Waals surface area (Å²) in [6.07, 6.45) is 0.341. The monoisotopic (exact) mass is 198 g/mol. The molecular formula is C10H14O4. The topological polar surface area (TPSA) is 69.9 Å². The molecule has 4 nitrogen and oxygen atoms in total. The summed E-state index contributed by atoms with van der Waals surface area (Å²) in [5.74, 6) is 0.614. The van der Waals surface area contributed by atoms with Gasteiger partial charge in [0, 0.05) is 18.6 Å². The van der Waals surface area contributed by atoms with Crippen molar-refractivity contribution < 1.29 is 20.1 Å². The van der Waals surface area contributed by atoms with E-state index in [2.05, 4.69) is 0 Å². The van der Waals surface area contributed by atoms with Gasteiger partial charge in [-0.3, -0.25) is 0 Å². The van der Waals surface area contributed by atoms with Crippen LogP contribution in [0.15, 0.2) is 18.2 Å². The van der Waals surface area contributed by atoms with E-state index in [0.717, 1.165) is 0 Å². The lowest BCUT2D eigenvalue weighted by Crippen LogP contribution is -2.04. The lowest BCUT2D eigenvalue weighted by molar-refractivity contribution is 0.199. The van der Waals surface area contributed by atoms with Gasteiger partial charge in [-0.25, -0.2) is 0 Å². The van der Waals surface area contributed by atoms with E-state index in [4.69, 9.17) is 14.9 Å². The van der Waals surface area contributed by atoms with Crippen LogP contribution in [0.25, 0.3) is 0 Å². The Bertz CT molecular complexity index is 285. The van der Waals surface area contributed by atoms with Gasteiger partial charge in [0.1, 0.15) is 18.1 Å². The Morgan fingerprint density at radius 2 is 1.93 bits per heavy atom. The van der Waals surface area contributed by atoms with Crippen LogP contribution in [0.2, 0.25) is 0 Å². The van der Waals surface area contributed by atoms with Crippen LogP contribution in [0.5, 0.6) is 11.5 Å². The molecule has 78 valence electrons. The van der Waals surface area contributed by atoms with Gasteiger partial charge < -0.3 is 20.1 Å². The summed E-state index contributed by atoms with van der Waals surface area (Å²) in [6, 6.07) is 4.89. The van der Waals surface area contributed by atoms with E-state index in [1.165, 1.54) is 6.07 Å². The number of aromatic hydroxyl groups is 1. The number of hydrogen-bond acceptors (Lipinski definition) is 4. The van der Waals surface area contributed by atoms with Crippen molar-refractivity contribution in [2.24, 2.45) is 0 Å². The van der Waals surface area contributed by atoms with Crippen LogP contribution in [0.4, 0.5) is 0 Å². The van der Waals surface area contributed by atoms with Gasteiger partial charge in [-0.1, -0.05) is 6.07 Å². The van der Waals surface area contributed by atoms with Gasteiger partial charge in [-0.05, 0) is 12.1 Å². The maximum absolute atomic E-state index is 9.47. The smallest absolute Gasteiger partial charge is 0.126 e. The van der Waals surface area contributed by atoms with Crippen LogP contribution in [0.1, 0.15) is 5.56 Å². The number of aliphatic hydroxyl groups excluding tert-OH is 2. The summed E-state index contributed by atoms with van der Waals surface area (Å²) < 4.78 is 5.20. The van der Waals surface area contributed by atoms with Crippen molar-refractivity contribution in [3.05, 3.63) is 23.8 Å². The maximum Gasteiger partial charge on any atom is 0.126 e. The molecule has 4 heteroatoms. The molecule has 0 aliphatic heterocycles. The standard InChI is InChI=1S/C10H14O4/c11-5-4-8-9(13)2-1-3-10(8)14-7-6-12/h1-3,11-13H,4-7H2. The highest BCUT2D eigenvalue weighted by molar-refractivity contribution is 5.43. The van der Waals surface area contributed by atoms with Gasteiger partial charge in [-0.15, -0.1) is 0 Å². The first-order chi connectivity index (χ1) is 6.79. The molecule has 0 amide bonds. The highest BCUT2D eigenvalue weighted by Gasteiger charge is 2.07. The molecule has 1 aromatic rings. The Morgan fingerprint density at radius 3 is 2.57 bits per heavy atom.